The molecule has 1 heterocycles. The molecule has 110 valence electrons. The van der Waals surface area contributed by atoms with E-state index in [1.807, 2.05) is 0 Å². The third kappa shape index (κ3) is 2.90. The summed E-state index contributed by atoms with van der Waals surface area (Å²) >= 11 is 0. The molecule has 0 bridgehead atoms. The summed E-state index contributed by atoms with van der Waals surface area (Å²) in [5.41, 5.74) is 3.90. The lowest BCUT2D eigenvalue weighted by molar-refractivity contribution is 0.504. The van der Waals surface area contributed by atoms with Crippen molar-refractivity contribution in [2.45, 2.75) is 59.4 Å². The van der Waals surface area contributed by atoms with E-state index in [4.69, 9.17) is 4.42 Å². The van der Waals surface area contributed by atoms with Gasteiger partial charge in [0.1, 0.15) is 11.3 Å². The number of furan rings is 1. The minimum Gasteiger partial charge on any atom is -0.459 e. The van der Waals surface area contributed by atoms with Gasteiger partial charge in [0, 0.05) is 5.39 Å². The predicted molar refractivity (Wildman–Crippen MR) is 86.3 cm³/mol. The Morgan fingerprint density at radius 2 is 1.95 bits per heavy atom. The molecule has 0 radical (unpaired) electrons. The quantitative estimate of drug-likeness (QED) is 0.755. The summed E-state index contributed by atoms with van der Waals surface area (Å²) in [7, 11) is 0. The molecule has 1 N–H and O–H groups in total. The molecule has 0 amide bonds. The maximum atomic E-state index is 5.98. The highest BCUT2D eigenvalue weighted by Crippen LogP contribution is 2.32. The van der Waals surface area contributed by atoms with E-state index < -0.39 is 0 Å². The Balaban J connectivity index is 2.35. The van der Waals surface area contributed by atoms with Crippen molar-refractivity contribution in [3.05, 3.63) is 35.1 Å². The Bertz CT molecular complexity index is 580. The van der Waals surface area contributed by atoms with Gasteiger partial charge in [-0.3, -0.25) is 0 Å². The summed E-state index contributed by atoms with van der Waals surface area (Å²) in [6.45, 7) is 13.0. The molecule has 0 fully saturated rings. The zero-order chi connectivity index (χ0) is 14.8. The van der Waals surface area contributed by atoms with E-state index in [2.05, 4.69) is 58.1 Å². The highest BCUT2D eigenvalue weighted by molar-refractivity contribution is 5.83. The fraction of sp³-hybridized carbons (Fsp3) is 0.556. The zero-order valence-electron chi connectivity index (χ0n) is 13.5. The van der Waals surface area contributed by atoms with E-state index in [0.29, 0.717) is 0 Å². The van der Waals surface area contributed by atoms with Gasteiger partial charge < -0.3 is 9.73 Å². The molecule has 0 unspecified atom stereocenters. The maximum Gasteiger partial charge on any atom is 0.134 e. The highest BCUT2D eigenvalue weighted by atomic mass is 16.3. The molecule has 2 rings (SSSR count). The molecule has 0 saturated heterocycles. The number of aryl methyl sites for hydroxylation is 1. The number of rotatable bonds is 6. The van der Waals surface area contributed by atoms with Crippen LogP contribution in [-0.4, -0.2) is 6.54 Å². The lowest BCUT2D eigenvalue weighted by atomic mass is 9.82. The van der Waals surface area contributed by atoms with Gasteiger partial charge in [-0.1, -0.05) is 33.8 Å². The summed E-state index contributed by atoms with van der Waals surface area (Å²) in [6.07, 6.45) is 2.29. The first kappa shape index (κ1) is 15.1. The first-order chi connectivity index (χ1) is 9.49. The van der Waals surface area contributed by atoms with Gasteiger partial charge in [0.25, 0.3) is 0 Å². The molecular weight excluding hydrogens is 246 g/mol. The van der Waals surface area contributed by atoms with Crippen molar-refractivity contribution in [3.8, 4) is 0 Å². The normalized spacial score (nSPS) is 12.2. The Morgan fingerprint density at radius 3 is 2.60 bits per heavy atom. The summed E-state index contributed by atoms with van der Waals surface area (Å²) in [5.74, 6) is 1.07. The Labute approximate surface area is 122 Å². The summed E-state index contributed by atoms with van der Waals surface area (Å²) < 4.78 is 5.98. The second-order valence-electron chi connectivity index (χ2n) is 6.28. The average molecular weight is 273 g/mol. The lowest BCUT2D eigenvalue weighted by Gasteiger charge is -2.23. The van der Waals surface area contributed by atoms with Crippen LogP contribution < -0.4 is 5.32 Å². The van der Waals surface area contributed by atoms with E-state index in [-0.39, 0.29) is 5.41 Å². The molecule has 0 atom stereocenters. The molecule has 2 aromatic rings. The predicted octanol–water partition coefficient (Wildman–Crippen LogP) is 4.93. The molecule has 0 aliphatic heterocycles. The van der Waals surface area contributed by atoms with E-state index in [1.165, 1.54) is 16.5 Å². The van der Waals surface area contributed by atoms with Crippen molar-refractivity contribution in [2.24, 2.45) is 0 Å². The van der Waals surface area contributed by atoms with E-state index in [9.17, 15) is 0 Å². The molecule has 2 heteroatoms. The van der Waals surface area contributed by atoms with Crippen molar-refractivity contribution in [2.75, 3.05) is 6.54 Å². The molecule has 0 saturated carbocycles. The van der Waals surface area contributed by atoms with Gasteiger partial charge in [0.05, 0.1) is 6.54 Å². The fourth-order valence-corrected chi connectivity index (χ4v) is 2.44. The SMILES string of the molecule is CCCNCc1oc2ccc(C(C)(C)CC)cc2c1C. The summed E-state index contributed by atoms with van der Waals surface area (Å²) in [5, 5.41) is 4.68. The van der Waals surface area contributed by atoms with Gasteiger partial charge in [0.2, 0.25) is 0 Å². The van der Waals surface area contributed by atoms with Crippen LogP contribution >= 0.6 is 0 Å². The van der Waals surface area contributed by atoms with Crippen LogP contribution in [0.1, 0.15) is 57.4 Å². The van der Waals surface area contributed by atoms with Crippen molar-refractivity contribution in [1.82, 2.24) is 5.32 Å². The molecule has 0 spiro atoms. The minimum atomic E-state index is 0.221. The topological polar surface area (TPSA) is 25.2 Å². The number of fused-ring (bicyclic) bond motifs is 1. The third-order valence-electron chi connectivity index (χ3n) is 4.41. The zero-order valence-corrected chi connectivity index (χ0v) is 13.5. The molecule has 2 nitrogen and oxygen atoms in total. The van der Waals surface area contributed by atoms with Crippen LogP contribution in [0.3, 0.4) is 0 Å². The van der Waals surface area contributed by atoms with E-state index in [0.717, 1.165) is 37.3 Å². The van der Waals surface area contributed by atoms with Crippen LogP contribution in [0.4, 0.5) is 0 Å². The second kappa shape index (κ2) is 6.01. The summed E-state index contributed by atoms with van der Waals surface area (Å²) in [6, 6.07) is 6.64. The van der Waals surface area contributed by atoms with Gasteiger partial charge >= 0.3 is 0 Å². The van der Waals surface area contributed by atoms with Gasteiger partial charge in [-0.2, -0.15) is 0 Å². The van der Waals surface area contributed by atoms with Gasteiger partial charge in [-0.15, -0.1) is 0 Å². The molecule has 20 heavy (non-hydrogen) atoms. The standard InChI is InChI=1S/C18H27NO/c1-6-10-19-12-17-13(3)15-11-14(18(4,5)7-2)8-9-16(15)20-17/h8-9,11,19H,6-7,10,12H2,1-5H3. The first-order valence-corrected chi connectivity index (χ1v) is 7.72. The van der Waals surface area contributed by atoms with Gasteiger partial charge in [-0.05, 0) is 55.0 Å². The van der Waals surface area contributed by atoms with Crippen LogP contribution in [0.15, 0.2) is 22.6 Å². The number of hydrogen-bond donors (Lipinski definition) is 1. The van der Waals surface area contributed by atoms with Crippen molar-refractivity contribution < 1.29 is 4.42 Å². The number of benzene rings is 1. The second-order valence-corrected chi connectivity index (χ2v) is 6.28. The van der Waals surface area contributed by atoms with Crippen molar-refractivity contribution >= 4 is 11.0 Å². The van der Waals surface area contributed by atoms with Gasteiger partial charge in [0.15, 0.2) is 0 Å². The summed E-state index contributed by atoms with van der Waals surface area (Å²) in [4.78, 5) is 0. The Kier molecular flexibility index (Phi) is 4.54. The molecule has 1 aromatic carbocycles. The van der Waals surface area contributed by atoms with Crippen LogP contribution in [0.2, 0.25) is 0 Å². The largest absolute Gasteiger partial charge is 0.459 e. The van der Waals surface area contributed by atoms with Crippen molar-refractivity contribution in [1.29, 1.82) is 0 Å². The highest BCUT2D eigenvalue weighted by Gasteiger charge is 2.20. The maximum absolute atomic E-state index is 5.98. The lowest BCUT2D eigenvalue weighted by Crippen LogP contribution is -2.15. The van der Waals surface area contributed by atoms with Crippen molar-refractivity contribution in [3.63, 3.8) is 0 Å². The third-order valence-corrected chi connectivity index (χ3v) is 4.41. The number of nitrogens with one attached hydrogen (secondary N) is 1. The van der Waals surface area contributed by atoms with Crippen LogP contribution in [-0.2, 0) is 12.0 Å². The van der Waals surface area contributed by atoms with Crippen LogP contribution in [0, 0.1) is 6.92 Å². The molecule has 0 aliphatic rings. The molecule has 1 aromatic heterocycles. The molecular formula is C18H27NO. The minimum absolute atomic E-state index is 0.221. The van der Waals surface area contributed by atoms with Crippen LogP contribution in [0.5, 0.6) is 0 Å². The Morgan fingerprint density at radius 1 is 1.20 bits per heavy atom. The Hall–Kier alpha value is -1.28. The smallest absolute Gasteiger partial charge is 0.134 e. The van der Waals surface area contributed by atoms with Crippen LogP contribution in [0.25, 0.3) is 11.0 Å². The molecule has 0 aliphatic carbocycles. The van der Waals surface area contributed by atoms with E-state index >= 15 is 0 Å². The number of hydrogen-bond acceptors (Lipinski definition) is 2. The van der Waals surface area contributed by atoms with E-state index in [1.54, 1.807) is 0 Å². The monoisotopic (exact) mass is 273 g/mol. The first-order valence-electron chi connectivity index (χ1n) is 7.72. The van der Waals surface area contributed by atoms with Gasteiger partial charge in [-0.25, -0.2) is 0 Å². The fourth-order valence-electron chi connectivity index (χ4n) is 2.44. The average Bonchev–Trinajstić information content (AvgIpc) is 2.76.